The Morgan fingerprint density at radius 3 is 3.10 bits per heavy atom. The van der Waals surface area contributed by atoms with Gasteiger partial charge in [-0.1, -0.05) is 24.9 Å². The van der Waals surface area contributed by atoms with E-state index < -0.39 is 0 Å². The van der Waals surface area contributed by atoms with Gasteiger partial charge in [0.25, 0.3) is 0 Å². The normalized spacial score (nSPS) is 19.6. The number of hydrogen-bond donors (Lipinski definition) is 1. The Balaban J connectivity index is 1.81. The van der Waals surface area contributed by atoms with E-state index in [1.54, 1.807) is 6.20 Å². The smallest absolute Gasteiger partial charge is 0.160 e. The molecule has 5 heteroatoms. The van der Waals surface area contributed by atoms with Crippen LogP contribution in [0.5, 0.6) is 0 Å². The van der Waals surface area contributed by atoms with Crippen molar-refractivity contribution in [2.75, 3.05) is 6.54 Å². The molecule has 108 valence electrons. The topological polar surface area (TPSA) is 42.7 Å². The number of piperidine rings is 1. The van der Waals surface area contributed by atoms with Crippen molar-refractivity contribution in [1.29, 1.82) is 0 Å². The summed E-state index contributed by atoms with van der Waals surface area (Å²) in [6, 6.07) is 2.54. The highest BCUT2D eigenvalue weighted by Gasteiger charge is 2.15. The zero-order valence-electron chi connectivity index (χ0n) is 11.9. The first kappa shape index (κ1) is 13.8. The Kier molecular flexibility index (Phi) is 4.22. The van der Waals surface area contributed by atoms with Gasteiger partial charge in [0, 0.05) is 25.2 Å². The third-order valence-electron chi connectivity index (χ3n) is 4.06. The molecule has 1 fully saturated rings. The first-order valence-electron chi connectivity index (χ1n) is 7.52. The van der Waals surface area contributed by atoms with E-state index in [0.717, 1.165) is 42.9 Å². The first-order chi connectivity index (χ1) is 9.78. The van der Waals surface area contributed by atoms with Crippen molar-refractivity contribution in [3.05, 3.63) is 23.1 Å². The van der Waals surface area contributed by atoms with Crippen LogP contribution in [0.1, 0.15) is 38.4 Å². The maximum absolute atomic E-state index is 6.00. The molecule has 2 aromatic rings. The van der Waals surface area contributed by atoms with Crippen molar-refractivity contribution < 1.29 is 0 Å². The highest BCUT2D eigenvalue weighted by atomic mass is 35.5. The molecule has 0 saturated carbocycles. The number of nitrogens with zero attached hydrogens (tertiary/aromatic N) is 3. The van der Waals surface area contributed by atoms with E-state index >= 15 is 0 Å². The second kappa shape index (κ2) is 6.10. The van der Waals surface area contributed by atoms with Crippen molar-refractivity contribution in [2.45, 2.75) is 51.6 Å². The predicted molar refractivity (Wildman–Crippen MR) is 82.2 cm³/mol. The van der Waals surface area contributed by atoms with Gasteiger partial charge < -0.3 is 9.88 Å². The summed E-state index contributed by atoms with van der Waals surface area (Å²) in [5.74, 6) is 1.10. The Morgan fingerprint density at radius 2 is 2.35 bits per heavy atom. The van der Waals surface area contributed by atoms with Crippen LogP contribution in [-0.4, -0.2) is 27.1 Å². The lowest BCUT2D eigenvalue weighted by atomic mass is 10.0. The van der Waals surface area contributed by atoms with E-state index in [-0.39, 0.29) is 0 Å². The lowest BCUT2D eigenvalue weighted by molar-refractivity contribution is 0.366. The molecule has 1 N–H and O–H groups in total. The van der Waals surface area contributed by atoms with Crippen LogP contribution >= 0.6 is 11.6 Å². The number of hydrogen-bond acceptors (Lipinski definition) is 3. The molecule has 1 saturated heterocycles. The average molecular weight is 293 g/mol. The molecule has 1 atom stereocenters. The number of halogens is 1. The zero-order chi connectivity index (χ0) is 13.9. The average Bonchev–Trinajstić information content (AvgIpc) is 2.83. The van der Waals surface area contributed by atoms with Crippen LogP contribution in [0, 0.1) is 0 Å². The van der Waals surface area contributed by atoms with Gasteiger partial charge in [-0.3, -0.25) is 0 Å². The maximum atomic E-state index is 6.00. The maximum Gasteiger partial charge on any atom is 0.160 e. The SMILES string of the molecule is CCc1nc2cc(Cl)cnc2n1CCC1CCCCN1. The first-order valence-corrected chi connectivity index (χ1v) is 7.89. The fraction of sp³-hybridized carbons (Fsp3) is 0.600. The van der Waals surface area contributed by atoms with Crippen LogP contribution in [0.3, 0.4) is 0 Å². The van der Waals surface area contributed by atoms with Gasteiger partial charge in [0.05, 0.1) is 5.02 Å². The van der Waals surface area contributed by atoms with Crippen LogP contribution in [0.2, 0.25) is 5.02 Å². The number of aromatic nitrogens is 3. The van der Waals surface area contributed by atoms with E-state index in [0.29, 0.717) is 11.1 Å². The molecule has 0 spiro atoms. The van der Waals surface area contributed by atoms with Gasteiger partial charge in [-0.2, -0.15) is 0 Å². The van der Waals surface area contributed by atoms with Crippen LogP contribution in [0.15, 0.2) is 12.3 Å². The molecule has 0 amide bonds. The van der Waals surface area contributed by atoms with E-state index in [1.807, 2.05) is 6.07 Å². The van der Waals surface area contributed by atoms with E-state index in [4.69, 9.17) is 11.6 Å². The molecule has 1 aliphatic heterocycles. The van der Waals surface area contributed by atoms with Gasteiger partial charge in [0.1, 0.15) is 11.3 Å². The van der Waals surface area contributed by atoms with Crippen molar-refractivity contribution >= 4 is 22.8 Å². The standard InChI is InChI=1S/C15H21ClN4/c1-2-14-19-13-9-11(16)10-18-15(13)20(14)8-6-12-5-3-4-7-17-12/h9-10,12,17H,2-8H2,1H3. The molecule has 0 bridgehead atoms. The second-order valence-electron chi connectivity index (χ2n) is 5.46. The van der Waals surface area contributed by atoms with Crippen LogP contribution < -0.4 is 5.32 Å². The Bertz CT molecular complexity index is 587. The number of fused-ring (bicyclic) bond motifs is 1. The molecule has 0 radical (unpaired) electrons. The van der Waals surface area contributed by atoms with Gasteiger partial charge in [-0.25, -0.2) is 9.97 Å². The lowest BCUT2D eigenvalue weighted by Gasteiger charge is -2.23. The molecule has 3 rings (SSSR count). The minimum Gasteiger partial charge on any atom is -0.314 e. The monoisotopic (exact) mass is 292 g/mol. The van der Waals surface area contributed by atoms with Crippen LogP contribution in [0.4, 0.5) is 0 Å². The summed E-state index contributed by atoms with van der Waals surface area (Å²) in [5.41, 5.74) is 1.87. The minimum atomic E-state index is 0.637. The van der Waals surface area contributed by atoms with E-state index in [1.165, 1.54) is 19.3 Å². The summed E-state index contributed by atoms with van der Waals surface area (Å²) in [7, 11) is 0. The van der Waals surface area contributed by atoms with Crippen molar-refractivity contribution in [3.63, 3.8) is 0 Å². The van der Waals surface area contributed by atoms with Crippen molar-refractivity contribution in [1.82, 2.24) is 19.9 Å². The summed E-state index contributed by atoms with van der Waals surface area (Å²) < 4.78 is 2.25. The van der Waals surface area contributed by atoms with E-state index in [9.17, 15) is 0 Å². The van der Waals surface area contributed by atoms with Crippen molar-refractivity contribution in [3.8, 4) is 0 Å². The van der Waals surface area contributed by atoms with Gasteiger partial charge in [0.2, 0.25) is 0 Å². The summed E-state index contributed by atoms with van der Waals surface area (Å²) in [6.07, 6.45) is 7.71. The molecule has 0 aliphatic carbocycles. The highest BCUT2D eigenvalue weighted by molar-refractivity contribution is 6.31. The van der Waals surface area contributed by atoms with Crippen molar-refractivity contribution in [2.24, 2.45) is 0 Å². The predicted octanol–water partition coefficient (Wildman–Crippen LogP) is 3.18. The Labute approximate surface area is 124 Å². The Hall–Kier alpha value is -1.13. The lowest BCUT2D eigenvalue weighted by Crippen LogP contribution is -2.34. The van der Waals surface area contributed by atoms with Gasteiger partial charge >= 0.3 is 0 Å². The molecule has 20 heavy (non-hydrogen) atoms. The molecule has 3 heterocycles. The highest BCUT2D eigenvalue weighted by Crippen LogP contribution is 2.20. The molecule has 1 unspecified atom stereocenters. The molecule has 2 aromatic heterocycles. The van der Waals surface area contributed by atoms with Crippen LogP contribution in [0.25, 0.3) is 11.2 Å². The zero-order valence-corrected chi connectivity index (χ0v) is 12.7. The second-order valence-corrected chi connectivity index (χ2v) is 5.90. The number of imidazole rings is 1. The fourth-order valence-corrected chi connectivity index (χ4v) is 3.15. The number of rotatable bonds is 4. The van der Waals surface area contributed by atoms with Gasteiger partial charge in [-0.15, -0.1) is 0 Å². The largest absolute Gasteiger partial charge is 0.314 e. The van der Waals surface area contributed by atoms with Gasteiger partial charge in [-0.05, 0) is 31.9 Å². The van der Waals surface area contributed by atoms with Gasteiger partial charge in [0.15, 0.2) is 5.65 Å². The number of aryl methyl sites for hydroxylation is 2. The summed E-state index contributed by atoms with van der Waals surface area (Å²) >= 11 is 6.00. The molecular formula is C15H21ClN4. The minimum absolute atomic E-state index is 0.637. The van der Waals surface area contributed by atoms with E-state index in [2.05, 4.69) is 26.8 Å². The van der Waals surface area contributed by atoms with Crippen LogP contribution in [-0.2, 0) is 13.0 Å². The quantitative estimate of drug-likeness (QED) is 0.941. The summed E-state index contributed by atoms with van der Waals surface area (Å²) in [4.78, 5) is 9.11. The molecule has 4 nitrogen and oxygen atoms in total. The number of nitrogens with one attached hydrogen (secondary N) is 1. The summed E-state index contributed by atoms with van der Waals surface area (Å²) in [6.45, 7) is 4.27. The number of pyridine rings is 1. The molecule has 1 aliphatic rings. The molecule has 0 aromatic carbocycles. The Morgan fingerprint density at radius 1 is 1.45 bits per heavy atom. The summed E-state index contributed by atoms with van der Waals surface area (Å²) in [5, 5.41) is 4.25. The third kappa shape index (κ3) is 2.81. The molecular weight excluding hydrogens is 272 g/mol. The third-order valence-corrected chi connectivity index (χ3v) is 4.27. The fourth-order valence-electron chi connectivity index (χ4n) is 2.99.